The van der Waals surface area contributed by atoms with E-state index in [-0.39, 0.29) is 0 Å². The van der Waals surface area contributed by atoms with Crippen LogP contribution < -0.4 is 15.8 Å². The first-order valence-corrected chi connectivity index (χ1v) is 5.50. The van der Waals surface area contributed by atoms with Crippen LogP contribution in [0.25, 0.3) is 0 Å². The molecule has 0 radical (unpaired) electrons. The predicted octanol–water partition coefficient (Wildman–Crippen LogP) is 0.405. The third-order valence-electron chi connectivity index (χ3n) is 1.70. The highest BCUT2D eigenvalue weighted by Gasteiger charge is 1.94. The van der Waals surface area contributed by atoms with Gasteiger partial charge in [0.2, 0.25) is 5.11 Å². The molecule has 0 aromatic heterocycles. The Morgan fingerprint density at radius 1 is 1.44 bits per heavy atom. The molecule has 0 bridgehead atoms. The van der Waals surface area contributed by atoms with Crippen molar-refractivity contribution in [2.24, 2.45) is 0 Å². The van der Waals surface area contributed by atoms with Crippen molar-refractivity contribution in [1.29, 1.82) is 0 Å². The Balaban J connectivity index is 2.39. The molecule has 0 fully saturated rings. The summed E-state index contributed by atoms with van der Waals surface area (Å²) >= 11 is 10.7. The van der Waals surface area contributed by atoms with Gasteiger partial charge >= 0.3 is 0 Å². The zero-order valence-corrected chi connectivity index (χ0v) is 10.2. The lowest BCUT2D eigenvalue weighted by Crippen LogP contribution is -2.82. The van der Waals surface area contributed by atoms with Crippen LogP contribution in [0.5, 0.6) is 0 Å². The lowest BCUT2D eigenvalue weighted by molar-refractivity contribution is -0.500. The van der Waals surface area contributed by atoms with E-state index in [2.05, 4.69) is 22.4 Å². The third kappa shape index (κ3) is 4.91. The Labute approximate surface area is 105 Å². The quantitative estimate of drug-likeness (QED) is 0.315. The molecule has 0 heterocycles. The Morgan fingerprint density at radius 3 is 2.75 bits per heavy atom. The molecule has 0 saturated heterocycles. The van der Waals surface area contributed by atoms with E-state index in [1.807, 2.05) is 24.3 Å². The van der Waals surface area contributed by atoms with Crippen LogP contribution in [0, 0.1) is 0 Å². The maximum atomic E-state index is 5.76. The SMILES string of the molecule is C=CCNC(=S)N[NH+]=Cc1ccc(Cl)cc1. The van der Waals surface area contributed by atoms with E-state index in [1.54, 1.807) is 12.3 Å². The number of hydrogen-bond acceptors (Lipinski definition) is 1. The molecule has 3 N–H and O–H groups in total. The van der Waals surface area contributed by atoms with Gasteiger partial charge in [-0.05, 0) is 36.5 Å². The van der Waals surface area contributed by atoms with Crippen molar-refractivity contribution in [1.82, 2.24) is 10.7 Å². The average molecular weight is 255 g/mol. The van der Waals surface area contributed by atoms with Crippen molar-refractivity contribution in [2.45, 2.75) is 0 Å². The molecular formula is C11H13ClN3S+. The van der Waals surface area contributed by atoms with Gasteiger partial charge in [0, 0.05) is 17.1 Å². The molecule has 1 aromatic rings. The van der Waals surface area contributed by atoms with Gasteiger partial charge in [0.15, 0.2) is 6.21 Å². The van der Waals surface area contributed by atoms with Gasteiger partial charge in [-0.15, -0.1) is 17.1 Å². The summed E-state index contributed by atoms with van der Waals surface area (Å²) in [5.41, 5.74) is 3.82. The monoisotopic (exact) mass is 254 g/mol. The minimum Gasteiger partial charge on any atom is -0.355 e. The number of thiocarbonyl (C=S) groups is 1. The standard InChI is InChI=1S/C11H12ClN3S/c1-2-7-13-11(16)15-14-8-9-3-5-10(12)6-4-9/h2-6,8H,1,7H2,(H2,13,15,16)/p+1. The van der Waals surface area contributed by atoms with Crippen LogP contribution >= 0.6 is 23.8 Å². The first-order valence-electron chi connectivity index (χ1n) is 4.71. The van der Waals surface area contributed by atoms with Gasteiger partial charge in [-0.3, -0.25) is 0 Å². The second kappa shape index (κ2) is 6.98. The molecule has 16 heavy (non-hydrogen) atoms. The van der Waals surface area contributed by atoms with Gasteiger partial charge in [0.25, 0.3) is 0 Å². The van der Waals surface area contributed by atoms with E-state index in [1.165, 1.54) is 0 Å². The van der Waals surface area contributed by atoms with E-state index in [0.717, 1.165) is 5.56 Å². The largest absolute Gasteiger partial charge is 0.355 e. The van der Waals surface area contributed by atoms with Crippen LogP contribution in [-0.4, -0.2) is 17.9 Å². The molecule has 1 aromatic carbocycles. The van der Waals surface area contributed by atoms with Crippen LogP contribution in [0.3, 0.4) is 0 Å². The first-order chi connectivity index (χ1) is 7.72. The van der Waals surface area contributed by atoms with E-state index in [9.17, 15) is 0 Å². The van der Waals surface area contributed by atoms with Crippen molar-refractivity contribution in [3.63, 3.8) is 0 Å². The lowest BCUT2D eigenvalue weighted by Gasteiger charge is -1.98. The third-order valence-corrected chi connectivity index (χ3v) is 2.20. The van der Waals surface area contributed by atoms with Crippen molar-refractivity contribution in [3.05, 3.63) is 47.5 Å². The lowest BCUT2D eigenvalue weighted by atomic mass is 10.2. The summed E-state index contributed by atoms with van der Waals surface area (Å²) in [6.07, 6.45) is 3.52. The van der Waals surface area contributed by atoms with Crippen molar-refractivity contribution >= 4 is 35.1 Å². The number of hydrogen-bond donors (Lipinski definition) is 3. The van der Waals surface area contributed by atoms with E-state index in [4.69, 9.17) is 23.8 Å². The summed E-state index contributed by atoms with van der Waals surface area (Å²) in [6.45, 7) is 4.21. The predicted molar refractivity (Wildman–Crippen MR) is 71.5 cm³/mol. The van der Waals surface area contributed by atoms with E-state index >= 15 is 0 Å². The molecule has 0 amide bonds. The summed E-state index contributed by atoms with van der Waals surface area (Å²) in [7, 11) is 0. The van der Waals surface area contributed by atoms with Gasteiger partial charge in [0.1, 0.15) is 0 Å². The van der Waals surface area contributed by atoms with Gasteiger partial charge in [-0.25, -0.2) is 0 Å². The molecule has 84 valence electrons. The van der Waals surface area contributed by atoms with Crippen molar-refractivity contribution in [2.75, 3.05) is 6.54 Å². The molecule has 0 unspecified atom stereocenters. The maximum Gasteiger partial charge on any atom is 0.224 e. The van der Waals surface area contributed by atoms with Crippen LogP contribution in [0.2, 0.25) is 5.02 Å². The van der Waals surface area contributed by atoms with E-state index < -0.39 is 0 Å². The first kappa shape index (κ1) is 12.7. The number of halogens is 1. The smallest absolute Gasteiger partial charge is 0.224 e. The number of rotatable bonds is 4. The zero-order chi connectivity index (χ0) is 11.8. The van der Waals surface area contributed by atoms with Gasteiger partial charge in [-0.1, -0.05) is 17.7 Å². The zero-order valence-electron chi connectivity index (χ0n) is 8.66. The molecule has 3 nitrogen and oxygen atoms in total. The van der Waals surface area contributed by atoms with E-state index in [0.29, 0.717) is 16.7 Å². The normalized spacial score (nSPS) is 10.1. The summed E-state index contributed by atoms with van der Waals surface area (Å²) in [5, 5.41) is 7.03. The summed E-state index contributed by atoms with van der Waals surface area (Å²) in [5.74, 6) is 0. The molecule has 5 heteroatoms. The number of benzene rings is 1. The molecule has 1 rings (SSSR count). The van der Waals surface area contributed by atoms with Crippen LogP contribution in [0.4, 0.5) is 0 Å². The number of nitrogens with one attached hydrogen (secondary N) is 3. The number of hydrazone groups is 1. The Kier molecular flexibility index (Phi) is 5.53. The van der Waals surface area contributed by atoms with Gasteiger partial charge in [-0.2, -0.15) is 0 Å². The summed E-state index contributed by atoms with van der Waals surface area (Å²) in [4.78, 5) is 0. The molecule has 0 spiro atoms. The Hall–Kier alpha value is -1.39. The van der Waals surface area contributed by atoms with Gasteiger partial charge < -0.3 is 5.32 Å². The Bertz CT molecular complexity index is 387. The second-order valence-electron chi connectivity index (χ2n) is 2.96. The highest BCUT2D eigenvalue weighted by molar-refractivity contribution is 7.80. The maximum absolute atomic E-state index is 5.76. The fraction of sp³-hybridized carbons (Fsp3) is 0.0909. The topological polar surface area (TPSA) is 38.0 Å². The second-order valence-corrected chi connectivity index (χ2v) is 3.81. The van der Waals surface area contributed by atoms with Crippen molar-refractivity contribution < 1.29 is 5.10 Å². The molecule has 0 aliphatic rings. The van der Waals surface area contributed by atoms with Crippen LogP contribution in [-0.2, 0) is 0 Å². The number of hydrazine groups is 1. The molecule has 0 saturated carbocycles. The molecular weight excluding hydrogens is 242 g/mol. The minimum atomic E-state index is 0.519. The van der Waals surface area contributed by atoms with Crippen molar-refractivity contribution in [3.8, 4) is 0 Å². The highest BCUT2D eigenvalue weighted by atomic mass is 35.5. The Morgan fingerprint density at radius 2 is 2.12 bits per heavy atom. The minimum absolute atomic E-state index is 0.519. The summed E-state index contributed by atoms with van der Waals surface area (Å²) < 4.78 is 0. The molecule has 0 aliphatic heterocycles. The fourth-order valence-corrected chi connectivity index (χ4v) is 1.22. The summed E-state index contributed by atoms with van der Waals surface area (Å²) in [6, 6.07) is 7.45. The van der Waals surface area contributed by atoms with Crippen LogP contribution in [0.15, 0.2) is 36.9 Å². The molecule has 0 atom stereocenters. The fourth-order valence-electron chi connectivity index (χ4n) is 0.953. The molecule has 0 aliphatic carbocycles. The average Bonchev–Trinajstić information content (AvgIpc) is 2.29. The van der Waals surface area contributed by atoms with Crippen LogP contribution in [0.1, 0.15) is 5.56 Å². The highest BCUT2D eigenvalue weighted by Crippen LogP contribution is 2.06. The van der Waals surface area contributed by atoms with Gasteiger partial charge in [0.05, 0.1) is 0 Å².